The standard InChI is InChI=1S/C9H12BrNOS/c1-7-5-8(10)6-11(9(7)12)3-2-4-13/h5-6,13H,2-4H2,1H3. The Morgan fingerprint density at radius 3 is 2.92 bits per heavy atom. The highest BCUT2D eigenvalue weighted by atomic mass is 79.9. The maximum absolute atomic E-state index is 11.5. The van der Waals surface area contributed by atoms with Crippen LogP contribution in [0.15, 0.2) is 21.5 Å². The lowest BCUT2D eigenvalue weighted by atomic mass is 10.3. The molecular weight excluding hydrogens is 250 g/mol. The summed E-state index contributed by atoms with van der Waals surface area (Å²) in [6.45, 7) is 2.56. The fraction of sp³-hybridized carbons (Fsp3) is 0.444. The Bertz CT molecular complexity index is 348. The summed E-state index contributed by atoms with van der Waals surface area (Å²) in [4.78, 5) is 11.5. The van der Waals surface area contributed by atoms with Gasteiger partial charge in [0.05, 0.1) is 0 Å². The number of hydrogen-bond acceptors (Lipinski definition) is 2. The first-order valence-electron chi connectivity index (χ1n) is 4.12. The molecule has 1 heterocycles. The number of nitrogens with zero attached hydrogens (tertiary/aromatic N) is 1. The summed E-state index contributed by atoms with van der Waals surface area (Å²) in [5.41, 5.74) is 0.860. The van der Waals surface area contributed by atoms with E-state index < -0.39 is 0 Å². The molecule has 0 amide bonds. The normalized spacial score (nSPS) is 10.4. The van der Waals surface area contributed by atoms with Gasteiger partial charge in [0, 0.05) is 22.8 Å². The largest absolute Gasteiger partial charge is 0.314 e. The van der Waals surface area contributed by atoms with Gasteiger partial charge in [0.15, 0.2) is 0 Å². The third-order valence-electron chi connectivity index (χ3n) is 1.79. The van der Waals surface area contributed by atoms with Crippen LogP contribution in [0.2, 0.25) is 0 Å². The second-order valence-corrected chi connectivity index (χ2v) is 4.28. The number of thiol groups is 1. The molecule has 0 aliphatic heterocycles. The average Bonchev–Trinajstić information content (AvgIpc) is 2.09. The second kappa shape index (κ2) is 4.86. The third kappa shape index (κ3) is 2.88. The maximum Gasteiger partial charge on any atom is 0.253 e. The van der Waals surface area contributed by atoms with E-state index in [0.29, 0.717) is 0 Å². The van der Waals surface area contributed by atoms with Gasteiger partial charge in [-0.2, -0.15) is 12.6 Å². The second-order valence-electron chi connectivity index (χ2n) is 2.92. The number of rotatable bonds is 3. The van der Waals surface area contributed by atoms with E-state index in [2.05, 4.69) is 28.6 Å². The zero-order valence-electron chi connectivity index (χ0n) is 7.46. The molecular formula is C9H12BrNOS. The van der Waals surface area contributed by atoms with Crippen molar-refractivity contribution in [3.8, 4) is 0 Å². The number of hydrogen-bond donors (Lipinski definition) is 1. The zero-order valence-corrected chi connectivity index (χ0v) is 9.94. The lowest BCUT2D eigenvalue weighted by Crippen LogP contribution is -2.21. The fourth-order valence-electron chi connectivity index (χ4n) is 1.15. The van der Waals surface area contributed by atoms with Gasteiger partial charge < -0.3 is 4.57 Å². The predicted molar refractivity (Wildman–Crippen MR) is 61.6 cm³/mol. The Hall–Kier alpha value is -0.220. The maximum atomic E-state index is 11.5. The molecule has 1 aromatic rings. The molecule has 0 spiro atoms. The molecule has 0 aliphatic rings. The molecule has 1 aromatic heterocycles. The Morgan fingerprint density at radius 1 is 1.62 bits per heavy atom. The van der Waals surface area contributed by atoms with Crippen molar-refractivity contribution in [3.05, 3.63) is 32.7 Å². The van der Waals surface area contributed by atoms with Gasteiger partial charge >= 0.3 is 0 Å². The zero-order chi connectivity index (χ0) is 9.84. The molecule has 0 fully saturated rings. The topological polar surface area (TPSA) is 22.0 Å². The summed E-state index contributed by atoms with van der Waals surface area (Å²) in [5, 5.41) is 0. The highest BCUT2D eigenvalue weighted by Gasteiger charge is 2.00. The minimum absolute atomic E-state index is 0.0879. The first kappa shape index (κ1) is 10.9. The summed E-state index contributed by atoms with van der Waals surface area (Å²) in [6.07, 6.45) is 2.73. The van der Waals surface area contributed by atoms with E-state index in [1.807, 2.05) is 19.2 Å². The molecule has 0 aliphatic carbocycles. The van der Waals surface area contributed by atoms with Crippen molar-refractivity contribution < 1.29 is 0 Å². The molecule has 0 saturated heterocycles. The van der Waals surface area contributed by atoms with Gasteiger partial charge in [0.1, 0.15) is 0 Å². The van der Waals surface area contributed by atoms with Gasteiger partial charge in [-0.25, -0.2) is 0 Å². The van der Waals surface area contributed by atoms with Gasteiger partial charge in [-0.05, 0) is 41.1 Å². The van der Waals surface area contributed by atoms with E-state index >= 15 is 0 Å². The SMILES string of the molecule is Cc1cc(Br)cn(CCCS)c1=O. The van der Waals surface area contributed by atoms with Gasteiger partial charge in [-0.15, -0.1) is 0 Å². The first-order valence-corrected chi connectivity index (χ1v) is 5.55. The van der Waals surface area contributed by atoms with Crippen LogP contribution in [-0.2, 0) is 6.54 Å². The Morgan fingerprint density at radius 2 is 2.31 bits per heavy atom. The lowest BCUT2D eigenvalue weighted by molar-refractivity contribution is 0.653. The molecule has 0 atom stereocenters. The molecule has 2 nitrogen and oxygen atoms in total. The number of pyridine rings is 1. The number of halogens is 1. The fourth-order valence-corrected chi connectivity index (χ4v) is 1.88. The molecule has 0 aromatic carbocycles. The minimum atomic E-state index is 0.0879. The van der Waals surface area contributed by atoms with Crippen molar-refractivity contribution >= 4 is 28.6 Å². The van der Waals surface area contributed by atoms with Gasteiger partial charge in [0.2, 0.25) is 0 Å². The van der Waals surface area contributed by atoms with Gasteiger partial charge in [0.25, 0.3) is 5.56 Å². The van der Waals surface area contributed by atoms with Crippen LogP contribution in [0.4, 0.5) is 0 Å². The summed E-state index contributed by atoms with van der Waals surface area (Å²) in [5.74, 6) is 0.804. The third-order valence-corrected chi connectivity index (χ3v) is 2.54. The van der Waals surface area contributed by atoms with E-state index in [9.17, 15) is 4.79 Å². The Kier molecular flexibility index (Phi) is 4.06. The lowest BCUT2D eigenvalue weighted by Gasteiger charge is -2.05. The molecule has 0 saturated carbocycles. The summed E-state index contributed by atoms with van der Waals surface area (Å²) in [7, 11) is 0. The quantitative estimate of drug-likeness (QED) is 0.829. The van der Waals surface area contributed by atoms with Gasteiger partial charge in [-0.3, -0.25) is 4.79 Å². The smallest absolute Gasteiger partial charge is 0.253 e. The van der Waals surface area contributed by atoms with Crippen LogP contribution >= 0.6 is 28.6 Å². The minimum Gasteiger partial charge on any atom is -0.314 e. The van der Waals surface area contributed by atoms with Crippen LogP contribution in [0.3, 0.4) is 0 Å². The van der Waals surface area contributed by atoms with E-state index in [1.54, 1.807) is 4.57 Å². The number of aromatic nitrogens is 1. The van der Waals surface area contributed by atoms with E-state index in [4.69, 9.17) is 0 Å². The van der Waals surface area contributed by atoms with Crippen molar-refractivity contribution in [1.82, 2.24) is 4.57 Å². The number of aryl methyl sites for hydroxylation is 2. The molecule has 4 heteroatoms. The van der Waals surface area contributed by atoms with Crippen LogP contribution in [0.25, 0.3) is 0 Å². The van der Waals surface area contributed by atoms with Crippen molar-refractivity contribution in [2.24, 2.45) is 0 Å². The highest BCUT2D eigenvalue weighted by Crippen LogP contribution is 2.08. The van der Waals surface area contributed by atoms with Crippen molar-refractivity contribution in [2.75, 3.05) is 5.75 Å². The van der Waals surface area contributed by atoms with E-state index in [-0.39, 0.29) is 5.56 Å². The van der Waals surface area contributed by atoms with Crippen molar-refractivity contribution in [1.29, 1.82) is 0 Å². The van der Waals surface area contributed by atoms with Crippen molar-refractivity contribution in [2.45, 2.75) is 19.9 Å². The van der Waals surface area contributed by atoms with Crippen LogP contribution in [0, 0.1) is 6.92 Å². The highest BCUT2D eigenvalue weighted by molar-refractivity contribution is 9.10. The summed E-state index contributed by atoms with van der Waals surface area (Å²) < 4.78 is 2.67. The van der Waals surface area contributed by atoms with Crippen LogP contribution in [0.1, 0.15) is 12.0 Å². The van der Waals surface area contributed by atoms with Crippen molar-refractivity contribution in [3.63, 3.8) is 0 Å². The average molecular weight is 262 g/mol. The molecule has 0 radical (unpaired) electrons. The van der Waals surface area contributed by atoms with E-state index in [0.717, 1.165) is 28.8 Å². The summed E-state index contributed by atoms with van der Waals surface area (Å²) >= 11 is 7.47. The molecule has 72 valence electrons. The van der Waals surface area contributed by atoms with Crippen LogP contribution in [-0.4, -0.2) is 10.3 Å². The molecule has 0 unspecified atom stereocenters. The van der Waals surface area contributed by atoms with Crippen LogP contribution in [0.5, 0.6) is 0 Å². The Balaban J connectivity index is 2.99. The molecule has 0 N–H and O–H groups in total. The predicted octanol–water partition coefficient (Wildman–Crippen LogP) is 2.24. The first-order chi connectivity index (χ1) is 6.15. The monoisotopic (exact) mass is 261 g/mol. The van der Waals surface area contributed by atoms with Gasteiger partial charge in [-0.1, -0.05) is 0 Å². The molecule has 13 heavy (non-hydrogen) atoms. The van der Waals surface area contributed by atoms with E-state index in [1.165, 1.54) is 0 Å². The van der Waals surface area contributed by atoms with Crippen LogP contribution < -0.4 is 5.56 Å². The molecule has 1 rings (SSSR count). The summed E-state index contributed by atoms with van der Waals surface area (Å²) in [6, 6.07) is 1.83. The Labute approximate surface area is 91.5 Å². The molecule has 0 bridgehead atoms.